The number of nitriles is 1. The summed E-state index contributed by atoms with van der Waals surface area (Å²) < 4.78 is 4.34. The van der Waals surface area contributed by atoms with E-state index in [1.807, 2.05) is 6.07 Å². The van der Waals surface area contributed by atoms with E-state index in [4.69, 9.17) is 5.26 Å². The van der Waals surface area contributed by atoms with Gasteiger partial charge in [-0.2, -0.15) is 5.26 Å². The maximum atomic E-state index is 9.69. The van der Waals surface area contributed by atoms with Gasteiger partial charge < -0.3 is 4.74 Å². The fraction of sp³-hybridized carbons (Fsp3) is 0.125. The molecule has 0 saturated heterocycles. The third-order valence-corrected chi connectivity index (χ3v) is 1.22. The predicted octanol–water partition coefficient (Wildman–Crippen LogP) is 0.537. The van der Waals surface area contributed by atoms with Crippen LogP contribution in [0.3, 0.4) is 0 Å². The lowest BCUT2D eigenvalue weighted by Crippen LogP contribution is -1.93. The van der Waals surface area contributed by atoms with Gasteiger partial charge in [-0.1, -0.05) is 0 Å². The predicted molar refractivity (Wildman–Crippen MR) is 39.4 cm³/mol. The number of carbonyl (C=O) groups excluding carboxylic acids is 1. The quantitative estimate of drug-likeness (QED) is 0.648. The molecule has 12 heavy (non-hydrogen) atoms. The second-order valence-corrected chi connectivity index (χ2v) is 2.02. The van der Waals surface area contributed by atoms with Gasteiger partial charge in [-0.3, -0.25) is 4.98 Å². The summed E-state index contributed by atoms with van der Waals surface area (Å²) in [6.45, 7) is 1.34. The average Bonchev–Trinajstić information content (AvgIpc) is 2.15. The average molecular weight is 161 g/mol. The fourth-order valence-electron chi connectivity index (χ4n) is 0.730. The normalized spacial score (nSPS) is 8.58. The van der Waals surface area contributed by atoms with Crippen LogP contribution in [0.15, 0.2) is 18.3 Å². The maximum absolute atomic E-state index is 9.69. The van der Waals surface area contributed by atoms with Crippen LogP contribution in [0.2, 0.25) is 0 Å². The van der Waals surface area contributed by atoms with Crippen molar-refractivity contribution < 1.29 is 9.53 Å². The number of pyridine rings is 1. The zero-order valence-corrected chi connectivity index (χ0v) is 6.15. The van der Waals surface area contributed by atoms with Crippen LogP contribution in [0.1, 0.15) is 11.3 Å². The van der Waals surface area contributed by atoms with E-state index >= 15 is 0 Å². The van der Waals surface area contributed by atoms with Crippen LogP contribution in [-0.4, -0.2) is 11.5 Å². The standard InChI is InChI=1S/C8H5N2O2/c9-4-7-1-2-10-8(3-7)5-12-6-11/h1-3H,5H2. The summed E-state index contributed by atoms with van der Waals surface area (Å²) in [5.41, 5.74) is 1.03. The third kappa shape index (κ3) is 2.06. The van der Waals surface area contributed by atoms with Gasteiger partial charge in [0, 0.05) is 6.20 Å². The van der Waals surface area contributed by atoms with Gasteiger partial charge in [-0.05, 0) is 12.1 Å². The van der Waals surface area contributed by atoms with Gasteiger partial charge in [0.2, 0.25) is 0 Å². The molecule has 1 aromatic heterocycles. The first-order chi connectivity index (χ1) is 5.86. The highest BCUT2D eigenvalue weighted by molar-refractivity contribution is 5.38. The molecule has 1 rings (SSSR count). The van der Waals surface area contributed by atoms with E-state index < -0.39 is 0 Å². The number of rotatable bonds is 3. The first-order valence-electron chi connectivity index (χ1n) is 3.21. The molecule has 0 atom stereocenters. The monoisotopic (exact) mass is 161 g/mol. The molecule has 0 unspecified atom stereocenters. The van der Waals surface area contributed by atoms with Crippen LogP contribution >= 0.6 is 0 Å². The minimum atomic E-state index is 0.0546. The Morgan fingerprint density at radius 3 is 3.17 bits per heavy atom. The molecule has 0 bridgehead atoms. The summed E-state index contributed by atoms with van der Waals surface area (Å²) in [6, 6.07) is 5.08. The zero-order chi connectivity index (χ0) is 8.81. The van der Waals surface area contributed by atoms with E-state index in [-0.39, 0.29) is 6.61 Å². The van der Waals surface area contributed by atoms with Gasteiger partial charge in [-0.25, -0.2) is 4.79 Å². The van der Waals surface area contributed by atoms with E-state index in [1.54, 1.807) is 12.1 Å². The Kier molecular flexibility index (Phi) is 2.79. The molecule has 1 radical (unpaired) electrons. The van der Waals surface area contributed by atoms with Gasteiger partial charge in [-0.15, -0.1) is 0 Å². The van der Waals surface area contributed by atoms with Crippen LogP contribution < -0.4 is 0 Å². The Balaban J connectivity index is 2.74. The Bertz CT molecular complexity index is 317. The molecule has 0 N–H and O–H groups in total. The molecular formula is C8H5N2O2. The molecule has 0 aliphatic rings. The van der Waals surface area contributed by atoms with E-state index in [0.29, 0.717) is 11.3 Å². The molecule has 1 heterocycles. The summed E-state index contributed by atoms with van der Waals surface area (Å²) in [7, 11) is 0. The second-order valence-electron chi connectivity index (χ2n) is 2.02. The summed E-state index contributed by atoms with van der Waals surface area (Å²) in [4.78, 5) is 13.6. The van der Waals surface area contributed by atoms with Crippen molar-refractivity contribution in [3.63, 3.8) is 0 Å². The Hall–Kier alpha value is -1.89. The first kappa shape index (κ1) is 8.21. The third-order valence-electron chi connectivity index (χ3n) is 1.22. The number of hydrogen-bond acceptors (Lipinski definition) is 4. The van der Waals surface area contributed by atoms with Crippen LogP contribution in [0.4, 0.5) is 0 Å². The molecule has 0 aliphatic heterocycles. The van der Waals surface area contributed by atoms with E-state index in [9.17, 15) is 4.79 Å². The minimum absolute atomic E-state index is 0.0546. The molecule has 0 spiro atoms. The van der Waals surface area contributed by atoms with Crippen molar-refractivity contribution in [2.24, 2.45) is 0 Å². The van der Waals surface area contributed by atoms with Crippen molar-refractivity contribution in [1.82, 2.24) is 4.98 Å². The highest BCUT2D eigenvalue weighted by atomic mass is 16.5. The largest absolute Gasteiger partial charge is 0.451 e. The number of nitrogens with zero attached hydrogens (tertiary/aromatic N) is 2. The van der Waals surface area contributed by atoms with E-state index in [0.717, 1.165) is 0 Å². The number of ether oxygens (including phenoxy) is 1. The molecule has 0 amide bonds. The highest BCUT2D eigenvalue weighted by Crippen LogP contribution is 2.00. The maximum Gasteiger partial charge on any atom is 0.417 e. The minimum Gasteiger partial charge on any atom is -0.451 e. The Morgan fingerprint density at radius 2 is 2.50 bits per heavy atom. The van der Waals surface area contributed by atoms with Crippen molar-refractivity contribution in [2.75, 3.05) is 0 Å². The van der Waals surface area contributed by atoms with Crippen molar-refractivity contribution in [3.8, 4) is 6.07 Å². The summed E-state index contributed by atoms with van der Waals surface area (Å²) in [6.07, 6.45) is 1.49. The van der Waals surface area contributed by atoms with Crippen LogP contribution in [0, 0.1) is 11.3 Å². The van der Waals surface area contributed by atoms with Crippen molar-refractivity contribution in [2.45, 2.75) is 6.61 Å². The van der Waals surface area contributed by atoms with Crippen LogP contribution in [0.25, 0.3) is 0 Å². The van der Waals surface area contributed by atoms with Gasteiger partial charge in [0.15, 0.2) is 0 Å². The lowest BCUT2D eigenvalue weighted by molar-refractivity contribution is 0.263. The lowest BCUT2D eigenvalue weighted by atomic mass is 10.2. The first-order valence-corrected chi connectivity index (χ1v) is 3.21. The molecule has 4 nitrogen and oxygen atoms in total. The smallest absolute Gasteiger partial charge is 0.417 e. The van der Waals surface area contributed by atoms with Gasteiger partial charge in [0.1, 0.15) is 6.61 Å². The van der Waals surface area contributed by atoms with Gasteiger partial charge >= 0.3 is 6.47 Å². The molecule has 59 valence electrons. The van der Waals surface area contributed by atoms with Gasteiger partial charge in [0.25, 0.3) is 0 Å². The SMILES string of the molecule is N#Cc1ccnc(CO[C]=O)c1. The Labute approximate surface area is 69.4 Å². The lowest BCUT2D eigenvalue weighted by Gasteiger charge is -1.96. The van der Waals surface area contributed by atoms with Crippen LogP contribution in [-0.2, 0) is 16.1 Å². The molecule has 0 saturated carbocycles. The topological polar surface area (TPSA) is 63.0 Å². The Morgan fingerprint density at radius 1 is 1.67 bits per heavy atom. The number of aromatic nitrogens is 1. The molecule has 0 fully saturated rings. The summed E-state index contributed by atoms with van der Waals surface area (Å²) >= 11 is 0. The van der Waals surface area contributed by atoms with Gasteiger partial charge in [0.05, 0.1) is 17.3 Å². The molecular weight excluding hydrogens is 156 g/mol. The van der Waals surface area contributed by atoms with Crippen molar-refractivity contribution in [1.29, 1.82) is 5.26 Å². The van der Waals surface area contributed by atoms with E-state index in [1.165, 1.54) is 12.7 Å². The molecule has 1 aromatic rings. The van der Waals surface area contributed by atoms with Crippen molar-refractivity contribution >= 4 is 6.47 Å². The number of hydrogen-bond donors (Lipinski definition) is 0. The second kappa shape index (κ2) is 4.09. The molecule has 4 heteroatoms. The fourth-order valence-corrected chi connectivity index (χ4v) is 0.730. The summed E-state index contributed by atoms with van der Waals surface area (Å²) in [5.74, 6) is 0. The molecule has 0 aliphatic carbocycles. The molecule has 0 aromatic carbocycles. The zero-order valence-electron chi connectivity index (χ0n) is 6.15. The van der Waals surface area contributed by atoms with Crippen molar-refractivity contribution in [3.05, 3.63) is 29.6 Å². The van der Waals surface area contributed by atoms with Crippen LogP contribution in [0.5, 0.6) is 0 Å². The highest BCUT2D eigenvalue weighted by Gasteiger charge is 1.96. The summed E-state index contributed by atoms with van der Waals surface area (Å²) in [5, 5.41) is 8.49. The van der Waals surface area contributed by atoms with E-state index in [2.05, 4.69) is 9.72 Å².